The van der Waals surface area contributed by atoms with E-state index < -0.39 is 5.97 Å². The second kappa shape index (κ2) is 7.77. The summed E-state index contributed by atoms with van der Waals surface area (Å²) < 4.78 is 18.6. The smallest absolute Gasteiger partial charge is 0.335 e. The lowest BCUT2D eigenvalue weighted by Gasteiger charge is -2.04. The summed E-state index contributed by atoms with van der Waals surface area (Å²) in [5.74, 6) is 0.219. The summed E-state index contributed by atoms with van der Waals surface area (Å²) in [5.41, 5.74) is 2.03. The second-order valence-corrected chi connectivity index (χ2v) is 5.71. The van der Waals surface area contributed by atoms with Gasteiger partial charge in [-0.15, -0.1) is 0 Å². The van der Waals surface area contributed by atoms with Crippen LogP contribution < -0.4 is 5.32 Å². The van der Waals surface area contributed by atoms with Gasteiger partial charge in [0, 0.05) is 5.56 Å². The SMILES string of the molecule is O=C(O)c1cccc(-c2ccc(CNCCc3ccc(F)cc3)o2)c1. The largest absolute Gasteiger partial charge is 0.478 e. The third-order valence-electron chi connectivity index (χ3n) is 3.86. The molecule has 0 aliphatic rings. The lowest BCUT2D eigenvalue weighted by molar-refractivity contribution is 0.0697. The number of furan rings is 1. The van der Waals surface area contributed by atoms with Crippen molar-refractivity contribution in [2.75, 3.05) is 6.54 Å². The Bertz CT molecular complexity index is 855. The first kappa shape index (κ1) is 16.9. The molecule has 0 bridgehead atoms. The molecule has 1 heterocycles. The lowest BCUT2D eigenvalue weighted by Crippen LogP contribution is -2.16. The number of halogens is 1. The molecule has 4 nitrogen and oxygen atoms in total. The summed E-state index contributed by atoms with van der Waals surface area (Å²) in [5, 5.41) is 12.3. The highest BCUT2D eigenvalue weighted by atomic mass is 19.1. The van der Waals surface area contributed by atoms with Crippen molar-refractivity contribution in [3.63, 3.8) is 0 Å². The van der Waals surface area contributed by atoms with Gasteiger partial charge in [0.05, 0.1) is 12.1 Å². The van der Waals surface area contributed by atoms with Crippen LogP contribution in [0.4, 0.5) is 4.39 Å². The minimum Gasteiger partial charge on any atom is -0.478 e. The maximum Gasteiger partial charge on any atom is 0.335 e. The molecule has 0 unspecified atom stereocenters. The second-order valence-electron chi connectivity index (χ2n) is 5.71. The fourth-order valence-electron chi connectivity index (χ4n) is 2.53. The van der Waals surface area contributed by atoms with Gasteiger partial charge in [0.15, 0.2) is 0 Å². The molecule has 0 spiro atoms. The maximum absolute atomic E-state index is 12.8. The summed E-state index contributed by atoms with van der Waals surface area (Å²) in [6.45, 7) is 1.32. The standard InChI is InChI=1S/C20H18FNO3/c21-17-6-4-14(5-7-17)10-11-22-13-18-8-9-19(25-18)15-2-1-3-16(12-15)20(23)24/h1-9,12,22H,10-11,13H2,(H,23,24). The Labute approximate surface area is 144 Å². The topological polar surface area (TPSA) is 62.5 Å². The van der Waals surface area contributed by atoms with Gasteiger partial charge in [-0.2, -0.15) is 0 Å². The number of nitrogens with one attached hydrogen (secondary N) is 1. The molecule has 5 heteroatoms. The average Bonchev–Trinajstić information content (AvgIpc) is 3.09. The fraction of sp³-hybridized carbons (Fsp3) is 0.150. The van der Waals surface area contributed by atoms with Crippen molar-refractivity contribution in [1.82, 2.24) is 5.32 Å². The van der Waals surface area contributed by atoms with Crippen molar-refractivity contribution in [2.45, 2.75) is 13.0 Å². The number of carbonyl (C=O) groups is 1. The fourth-order valence-corrected chi connectivity index (χ4v) is 2.53. The van der Waals surface area contributed by atoms with Crippen molar-refractivity contribution in [2.24, 2.45) is 0 Å². The Morgan fingerprint density at radius 3 is 2.64 bits per heavy atom. The van der Waals surface area contributed by atoms with Crippen LogP contribution in [0.3, 0.4) is 0 Å². The zero-order valence-corrected chi connectivity index (χ0v) is 13.5. The van der Waals surface area contributed by atoms with Crippen molar-refractivity contribution >= 4 is 5.97 Å². The first-order chi connectivity index (χ1) is 12.1. The van der Waals surface area contributed by atoms with E-state index in [-0.39, 0.29) is 11.4 Å². The van der Waals surface area contributed by atoms with Crippen LogP contribution in [-0.2, 0) is 13.0 Å². The third kappa shape index (κ3) is 4.55. The molecule has 2 aromatic carbocycles. The highest BCUT2D eigenvalue weighted by Crippen LogP contribution is 2.23. The molecule has 0 radical (unpaired) electrons. The maximum atomic E-state index is 12.8. The number of carboxylic acids is 1. The summed E-state index contributed by atoms with van der Waals surface area (Å²) in [6, 6.07) is 16.8. The van der Waals surface area contributed by atoms with E-state index in [2.05, 4.69) is 5.32 Å². The first-order valence-corrected chi connectivity index (χ1v) is 7.99. The van der Waals surface area contributed by atoms with Gasteiger partial charge in [0.25, 0.3) is 0 Å². The third-order valence-corrected chi connectivity index (χ3v) is 3.86. The molecular formula is C20H18FNO3. The Morgan fingerprint density at radius 1 is 1.08 bits per heavy atom. The highest BCUT2D eigenvalue weighted by molar-refractivity contribution is 5.89. The van der Waals surface area contributed by atoms with Crippen LogP contribution in [0.2, 0.25) is 0 Å². The summed E-state index contributed by atoms with van der Waals surface area (Å²) >= 11 is 0. The van der Waals surface area contributed by atoms with Crippen molar-refractivity contribution in [3.8, 4) is 11.3 Å². The predicted molar refractivity (Wildman–Crippen MR) is 92.9 cm³/mol. The van der Waals surface area contributed by atoms with E-state index in [1.165, 1.54) is 12.1 Å². The molecule has 0 saturated heterocycles. The summed E-state index contributed by atoms with van der Waals surface area (Å²) in [6.07, 6.45) is 0.800. The molecule has 0 aliphatic carbocycles. The molecule has 0 aliphatic heterocycles. The number of aromatic carboxylic acids is 1. The molecule has 25 heavy (non-hydrogen) atoms. The normalized spacial score (nSPS) is 10.8. The van der Waals surface area contributed by atoms with Gasteiger partial charge in [-0.1, -0.05) is 24.3 Å². The van der Waals surface area contributed by atoms with Gasteiger partial charge in [0.2, 0.25) is 0 Å². The van der Waals surface area contributed by atoms with Gasteiger partial charge in [-0.25, -0.2) is 9.18 Å². The van der Waals surface area contributed by atoms with Gasteiger partial charge in [0.1, 0.15) is 17.3 Å². The van der Waals surface area contributed by atoms with Gasteiger partial charge >= 0.3 is 5.97 Å². The summed E-state index contributed by atoms with van der Waals surface area (Å²) in [7, 11) is 0. The molecule has 2 N–H and O–H groups in total. The monoisotopic (exact) mass is 339 g/mol. The quantitative estimate of drug-likeness (QED) is 0.636. The zero-order valence-electron chi connectivity index (χ0n) is 13.5. The van der Waals surface area contributed by atoms with Crippen molar-refractivity contribution in [3.05, 3.63) is 83.4 Å². The van der Waals surface area contributed by atoms with Crippen LogP contribution in [0.1, 0.15) is 21.7 Å². The van der Waals surface area contributed by atoms with E-state index in [9.17, 15) is 9.18 Å². The molecule has 0 fully saturated rings. The zero-order chi connectivity index (χ0) is 17.6. The van der Waals surface area contributed by atoms with Gasteiger partial charge < -0.3 is 14.8 Å². The molecule has 128 valence electrons. The van der Waals surface area contributed by atoms with E-state index in [0.29, 0.717) is 12.3 Å². The Morgan fingerprint density at radius 2 is 1.88 bits per heavy atom. The van der Waals surface area contributed by atoms with Crippen LogP contribution >= 0.6 is 0 Å². The molecular weight excluding hydrogens is 321 g/mol. The molecule has 1 aromatic heterocycles. The average molecular weight is 339 g/mol. The molecule has 3 aromatic rings. The van der Waals surface area contributed by atoms with Crippen LogP contribution in [-0.4, -0.2) is 17.6 Å². The van der Waals surface area contributed by atoms with E-state index in [1.54, 1.807) is 30.3 Å². The van der Waals surface area contributed by atoms with E-state index in [4.69, 9.17) is 9.52 Å². The molecule has 0 amide bonds. The van der Waals surface area contributed by atoms with Crippen molar-refractivity contribution in [1.29, 1.82) is 0 Å². The van der Waals surface area contributed by atoms with Gasteiger partial charge in [-0.3, -0.25) is 0 Å². The predicted octanol–water partition coefficient (Wildman–Crippen LogP) is 4.12. The van der Waals surface area contributed by atoms with Crippen LogP contribution in [0.15, 0.2) is 65.1 Å². The highest BCUT2D eigenvalue weighted by Gasteiger charge is 2.08. The van der Waals surface area contributed by atoms with Crippen molar-refractivity contribution < 1.29 is 18.7 Å². The summed E-state index contributed by atoms with van der Waals surface area (Å²) in [4.78, 5) is 11.0. The van der Waals surface area contributed by atoms with Gasteiger partial charge in [-0.05, 0) is 54.9 Å². The van der Waals surface area contributed by atoms with Crippen LogP contribution in [0.25, 0.3) is 11.3 Å². The minimum atomic E-state index is -0.962. The Balaban J connectivity index is 1.54. The van der Waals surface area contributed by atoms with Crippen LogP contribution in [0, 0.1) is 5.82 Å². The number of benzene rings is 2. The molecule has 0 atom stereocenters. The van der Waals surface area contributed by atoms with E-state index in [1.807, 2.05) is 18.2 Å². The van der Waals surface area contributed by atoms with E-state index in [0.717, 1.165) is 29.9 Å². The lowest BCUT2D eigenvalue weighted by atomic mass is 10.1. The number of hydrogen-bond acceptors (Lipinski definition) is 3. The number of rotatable bonds is 7. The minimum absolute atomic E-state index is 0.230. The number of carboxylic acid groups (broad SMARTS) is 1. The Kier molecular flexibility index (Phi) is 5.26. The molecule has 0 saturated carbocycles. The number of hydrogen-bond donors (Lipinski definition) is 2. The molecule has 3 rings (SSSR count). The van der Waals surface area contributed by atoms with E-state index >= 15 is 0 Å². The Hall–Kier alpha value is -2.92. The van der Waals surface area contributed by atoms with Crippen LogP contribution in [0.5, 0.6) is 0 Å². The first-order valence-electron chi connectivity index (χ1n) is 7.99.